The summed E-state index contributed by atoms with van der Waals surface area (Å²) in [4.78, 5) is 40.3. The van der Waals surface area contributed by atoms with Gasteiger partial charge in [0.05, 0.1) is 30.9 Å². The third-order valence-electron chi connectivity index (χ3n) is 6.86. The maximum atomic E-state index is 13.5. The number of aliphatic hydroxyl groups excluding tert-OH is 1. The molecule has 1 N–H and O–H groups in total. The summed E-state index contributed by atoms with van der Waals surface area (Å²) in [6.07, 6.45) is 1.89. The van der Waals surface area contributed by atoms with Crippen molar-refractivity contribution in [3.8, 4) is 5.75 Å². The minimum atomic E-state index is -1.05. The molecule has 1 aliphatic heterocycles. The molecule has 0 spiro atoms. The summed E-state index contributed by atoms with van der Waals surface area (Å²) in [5, 5.41) is 20.0. The van der Waals surface area contributed by atoms with Crippen LogP contribution in [0.5, 0.6) is 5.75 Å². The zero-order chi connectivity index (χ0) is 31.2. The van der Waals surface area contributed by atoms with Gasteiger partial charge in [0.25, 0.3) is 5.78 Å². The Kier molecular flexibility index (Phi) is 9.71. The number of amides is 1. The lowest BCUT2D eigenvalue weighted by Crippen LogP contribution is -2.29. The van der Waals surface area contributed by atoms with E-state index >= 15 is 0 Å². The zero-order valence-corrected chi connectivity index (χ0v) is 25.5. The smallest absolute Gasteiger partial charge is 0.337 e. The molecular formula is C32H28FN3O6S2. The molecule has 3 aromatic carbocycles. The van der Waals surface area contributed by atoms with Gasteiger partial charge < -0.3 is 14.6 Å². The number of Topliss-reactive ketones (excluding diaryl/α,β-unsaturated/α-hetero) is 1. The van der Waals surface area contributed by atoms with Gasteiger partial charge in [-0.15, -0.1) is 10.2 Å². The van der Waals surface area contributed by atoms with Gasteiger partial charge in [-0.2, -0.15) is 0 Å². The number of anilines is 1. The average molecular weight is 634 g/mol. The summed E-state index contributed by atoms with van der Waals surface area (Å²) in [5.41, 5.74) is 1.82. The van der Waals surface area contributed by atoms with Gasteiger partial charge in [-0.1, -0.05) is 60.7 Å². The summed E-state index contributed by atoms with van der Waals surface area (Å²) >= 11 is 2.47. The van der Waals surface area contributed by atoms with Crippen molar-refractivity contribution >= 4 is 51.6 Å². The van der Waals surface area contributed by atoms with Crippen LogP contribution in [-0.2, 0) is 20.1 Å². The number of esters is 1. The molecule has 1 amide bonds. The fourth-order valence-corrected chi connectivity index (χ4v) is 6.37. The number of carbonyl (C=O) groups is 3. The number of carbonyl (C=O) groups excluding carboxylic acids is 3. The normalized spacial score (nSPS) is 15.9. The second kappa shape index (κ2) is 13.8. The Morgan fingerprint density at radius 1 is 1.00 bits per heavy atom. The average Bonchev–Trinajstić information content (AvgIpc) is 3.62. The quantitative estimate of drug-likeness (QED) is 0.0372. The maximum absolute atomic E-state index is 13.5. The molecule has 0 saturated carbocycles. The Morgan fingerprint density at radius 3 is 2.34 bits per heavy atom. The molecule has 226 valence electrons. The molecule has 0 unspecified atom stereocenters. The van der Waals surface area contributed by atoms with Crippen LogP contribution in [0, 0.1) is 5.82 Å². The largest absolute Gasteiger partial charge is 0.507 e. The third-order valence-corrected chi connectivity index (χ3v) is 8.99. The van der Waals surface area contributed by atoms with Gasteiger partial charge in [0.2, 0.25) is 5.13 Å². The van der Waals surface area contributed by atoms with Crippen molar-refractivity contribution in [2.24, 2.45) is 0 Å². The number of hydrogen-bond donors (Lipinski definition) is 1. The predicted molar refractivity (Wildman–Crippen MR) is 165 cm³/mol. The fraction of sp³-hybridized carbons (Fsp3) is 0.219. The standard InChI is InChI=1S/C32H28FN3O6S2/c1-3-4-17-42-24-15-11-21(12-16-24)27(37)25-26(20-7-9-22(10-8-20)30(40)41-2)36(29(39)28(25)38)31-34-35-32(44-31)43-18-19-5-13-23(33)14-6-19/h5-16,26,37H,3-4,17-18H2,1-2H3/t26-/m0/s1. The topological polar surface area (TPSA) is 119 Å². The molecular weight excluding hydrogens is 605 g/mol. The highest BCUT2D eigenvalue weighted by Gasteiger charge is 2.48. The van der Waals surface area contributed by atoms with Crippen LogP contribution >= 0.6 is 23.1 Å². The molecule has 1 atom stereocenters. The van der Waals surface area contributed by atoms with Gasteiger partial charge in [-0.3, -0.25) is 14.5 Å². The summed E-state index contributed by atoms with van der Waals surface area (Å²) in [5.74, 6) is -1.89. The van der Waals surface area contributed by atoms with E-state index in [2.05, 4.69) is 17.1 Å². The Balaban J connectivity index is 1.50. The van der Waals surface area contributed by atoms with Crippen LogP contribution < -0.4 is 9.64 Å². The lowest BCUT2D eigenvalue weighted by Gasteiger charge is -2.22. The Morgan fingerprint density at radius 2 is 1.68 bits per heavy atom. The number of hydrogen-bond acceptors (Lipinski definition) is 10. The molecule has 1 aromatic heterocycles. The van der Waals surface area contributed by atoms with E-state index in [9.17, 15) is 23.9 Å². The minimum Gasteiger partial charge on any atom is -0.507 e. The van der Waals surface area contributed by atoms with E-state index in [-0.39, 0.29) is 27.8 Å². The lowest BCUT2D eigenvalue weighted by atomic mass is 9.94. The van der Waals surface area contributed by atoms with Gasteiger partial charge in [0.15, 0.2) is 4.34 Å². The molecule has 1 aliphatic rings. The first-order chi connectivity index (χ1) is 21.3. The van der Waals surface area contributed by atoms with Crippen LogP contribution in [0.2, 0.25) is 0 Å². The van der Waals surface area contributed by atoms with Crippen molar-refractivity contribution in [2.75, 3.05) is 18.6 Å². The Bertz CT molecular complexity index is 1690. The van der Waals surface area contributed by atoms with E-state index in [1.807, 2.05) is 0 Å². The highest BCUT2D eigenvalue weighted by Crippen LogP contribution is 2.44. The third kappa shape index (κ3) is 6.66. The molecule has 0 aliphatic carbocycles. The first-order valence-corrected chi connectivity index (χ1v) is 15.5. The number of aliphatic hydroxyl groups is 1. The molecule has 12 heteroatoms. The first kappa shape index (κ1) is 30.9. The van der Waals surface area contributed by atoms with Crippen LogP contribution in [0.4, 0.5) is 9.52 Å². The predicted octanol–water partition coefficient (Wildman–Crippen LogP) is 6.56. The number of thioether (sulfide) groups is 1. The summed E-state index contributed by atoms with van der Waals surface area (Å²) < 4.78 is 24.3. The summed E-state index contributed by atoms with van der Waals surface area (Å²) in [6, 6.07) is 17.9. The minimum absolute atomic E-state index is 0.129. The van der Waals surface area contributed by atoms with E-state index < -0.39 is 23.7 Å². The van der Waals surface area contributed by atoms with E-state index in [4.69, 9.17) is 9.47 Å². The number of methoxy groups -OCH3 is 1. The number of unbranched alkanes of at least 4 members (excludes halogenated alkanes) is 1. The molecule has 1 fully saturated rings. The second-order valence-corrected chi connectivity index (χ2v) is 12.0. The van der Waals surface area contributed by atoms with Crippen LogP contribution in [0.1, 0.15) is 52.9 Å². The lowest BCUT2D eigenvalue weighted by molar-refractivity contribution is -0.132. The number of ether oxygens (including phenoxy) is 2. The Labute approximate surface area is 261 Å². The van der Waals surface area contributed by atoms with Crippen molar-refractivity contribution in [3.63, 3.8) is 0 Å². The molecule has 5 rings (SSSR count). The number of ketones is 1. The van der Waals surface area contributed by atoms with Crippen molar-refractivity contribution in [1.82, 2.24) is 10.2 Å². The highest BCUT2D eigenvalue weighted by atomic mass is 32.2. The molecule has 1 saturated heterocycles. The van der Waals surface area contributed by atoms with Gasteiger partial charge in [-0.25, -0.2) is 9.18 Å². The van der Waals surface area contributed by atoms with E-state index in [1.54, 1.807) is 48.5 Å². The maximum Gasteiger partial charge on any atom is 0.337 e. The fourth-order valence-electron chi connectivity index (χ4n) is 4.55. The van der Waals surface area contributed by atoms with Crippen LogP contribution in [0.25, 0.3) is 5.76 Å². The molecule has 2 heterocycles. The van der Waals surface area contributed by atoms with E-state index in [1.165, 1.54) is 48.0 Å². The summed E-state index contributed by atoms with van der Waals surface area (Å²) in [7, 11) is 1.27. The molecule has 4 aromatic rings. The molecule has 44 heavy (non-hydrogen) atoms. The molecule has 0 bridgehead atoms. The van der Waals surface area contributed by atoms with Crippen LogP contribution in [0.3, 0.4) is 0 Å². The number of nitrogens with zero attached hydrogens (tertiary/aromatic N) is 3. The van der Waals surface area contributed by atoms with Crippen molar-refractivity contribution in [2.45, 2.75) is 35.9 Å². The number of aromatic nitrogens is 2. The van der Waals surface area contributed by atoms with Gasteiger partial charge >= 0.3 is 11.9 Å². The first-order valence-electron chi connectivity index (χ1n) is 13.7. The summed E-state index contributed by atoms with van der Waals surface area (Å²) in [6.45, 7) is 2.62. The Hall–Kier alpha value is -4.55. The van der Waals surface area contributed by atoms with Crippen molar-refractivity contribution in [3.05, 3.63) is 106 Å². The SMILES string of the molecule is CCCCOc1ccc(C(O)=C2C(=O)C(=O)N(c3nnc(SCc4ccc(F)cc4)s3)[C@H]2c2ccc(C(=O)OC)cc2)cc1. The number of halogens is 1. The van der Waals surface area contributed by atoms with Crippen molar-refractivity contribution in [1.29, 1.82) is 0 Å². The molecule has 0 radical (unpaired) electrons. The van der Waals surface area contributed by atoms with E-state index in [0.29, 0.717) is 33.6 Å². The van der Waals surface area contributed by atoms with Gasteiger partial charge in [0.1, 0.15) is 17.3 Å². The number of rotatable bonds is 11. The van der Waals surface area contributed by atoms with Gasteiger partial charge in [0, 0.05) is 11.3 Å². The van der Waals surface area contributed by atoms with Gasteiger partial charge in [-0.05, 0) is 66.1 Å². The second-order valence-electron chi connectivity index (χ2n) is 9.77. The molecule has 9 nitrogen and oxygen atoms in total. The zero-order valence-electron chi connectivity index (χ0n) is 23.9. The van der Waals surface area contributed by atoms with E-state index in [0.717, 1.165) is 29.7 Å². The monoisotopic (exact) mass is 633 g/mol. The van der Waals surface area contributed by atoms with Crippen molar-refractivity contribution < 1.29 is 33.4 Å². The van der Waals surface area contributed by atoms with Crippen LogP contribution in [-0.4, -0.2) is 46.7 Å². The highest BCUT2D eigenvalue weighted by molar-refractivity contribution is 8.00. The van der Waals surface area contributed by atoms with Crippen LogP contribution in [0.15, 0.2) is 82.7 Å². The number of benzene rings is 3.